The summed E-state index contributed by atoms with van der Waals surface area (Å²) in [7, 11) is 0. The first-order valence-electron chi connectivity index (χ1n) is 8.61. The normalized spacial score (nSPS) is 17.2. The number of fused-ring (bicyclic) bond motifs is 1. The molecule has 2 aromatic rings. The summed E-state index contributed by atoms with van der Waals surface area (Å²) in [6.07, 6.45) is 0. The Kier molecular flexibility index (Phi) is 5.03. The van der Waals surface area contributed by atoms with Gasteiger partial charge in [0.1, 0.15) is 17.7 Å². The van der Waals surface area contributed by atoms with Crippen LogP contribution in [0.5, 0.6) is 0 Å². The number of carboxylic acid groups (broad SMARTS) is 1. The van der Waals surface area contributed by atoms with E-state index >= 15 is 0 Å². The van der Waals surface area contributed by atoms with Gasteiger partial charge in [-0.05, 0) is 32.9 Å². The fourth-order valence-electron chi connectivity index (χ4n) is 3.33. The highest BCUT2D eigenvalue weighted by Crippen LogP contribution is 2.21. The van der Waals surface area contributed by atoms with Crippen molar-refractivity contribution in [3.63, 3.8) is 0 Å². The van der Waals surface area contributed by atoms with Crippen molar-refractivity contribution in [3.05, 3.63) is 42.0 Å². The summed E-state index contributed by atoms with van der Waals surface area (Å²) in [5.41, 5.74) is 0.801. The summed E-state index contributed by atoms with van der Waals surface area (Å²) in [5, 5.41) is 17.7. The Balaban J connectivity index is 1.83. The molecular formula is C18H23N5O3. The van der Waals surface area contributed by atoms with Gasteiger partial charge in [-0.1, -0.05) is 18.2 Å². The number of hydrogen-bond acceptors (Lipinski definition) is 5. The molecule has 0 fully saturated rings. The third kappa shape index (κ3) is 3.45. The van der Waals surface area contributed by atoms with E-state index in [1.807, 2.05) is 44.2 Å². The predicted molar refractivity (Wildman–Crippen MR) is 95.7 cm³/mol. The first-order chi connectivity index (χ1) is 12.4. The molecule has 1 N–H and O–H groups in total. The van der Waals surface area contributed by atoms with Crippen LogP contribution in [-0.2, 0) is 22.7 Å². The Morgan fingerprint density at radius 1 is 1.27 bits per heavy atom. The number of amides is 1. The molecule has 0 radical (unpaired) electrons. The van der Waals surface area contributed by atoms with Crippen LogP contribution in [0.4, 0.5) is 5.69 Å². The quantitative estimate of drug-likeness (QED) is 0.867. The Bertz CT molecular complexity index is 802. The number of hydrogen-bond donors (Lipinski definition) is 1. The van der Waals surface area contributed by atoms with Crippen LogP contribution in [-0.4, -0.2) is 55.3 Å². The summed E-state index contributed by atoms with van der Waals surface area (Å²) in [6.45, 7) is 6.21. The first-order valence-corrected chi connectivity index (χ1v) is 8.61. The molecule has 0 saturated heterocycles. The van der Waals surface area contributed by atoms with Gasteiger partial charge < -0.3 is 14.6 Å². The van der Waals surface area contributed by atoms with E-state index in [1.54, 1.807) is 21.3 Å². The van der Waals surface area contributed by atoms with Crippen molar-refractivity contribution in [1.82, 2.24) is 19.7 Å². The van der Waals surface area contributed by atoms with Gasteiger partial charge in [0, 0.05) is 11.7 Å². The van der Waals surface area contributed by atoms with Gasteiger partial charge in [-0.3, -0.25) is 14.5 Å². The maximum atomic E-state index is 13.0. The Morgan fingerprint density at radius 3 is 2.58 bits per heavy atom. The molecule has 1 aromatic heterocycles. The Hall–Kier alpha value is -2.74. The second kappa shape index (κ2) is 7.25. The zero-order valence-electron chi connectivity index (χ0n) is 15.2. The fourth-order valence-corrected chi connectivity index (χ4v) is 3.33. The molecule has 1 atom stereocenters. The predicted octanol–water partition coefficient (Wildman–Crippen LogP) is 1.30. The first kappa shape index (κ1) is 18.1. The topological polar surface area (TPSA) is 91.6 Å². The van der Waals surface area contributed by atoms with Gasteiger partial charge in [0.25, 0.3) is 0 Å². The fraction of sp³-hybridized carbons (Fsp3) is 0.444. The number of para-hydroxylation sites is 1. The van der Waals surface area contributed by atoms with Gasteiger partial charge in [-0.2, -0.15) is 0 Å². The van der Waals surface area contributed by atoms with E-state index in [-0.39, 0.29) is 31.6 Å². The molecule has 1 aromatic carbocycles. The lowest BCUT2D eigenvalue weighted by atomic mass is 10.1. The molecule has 0 spiro atoms. The number of rotatable bonds is 5. The van der Waals surface area contributed by atoms with E-state index in [0.717, 1.165) is 5.69 Å². The van der Waals surface area contributed by atoms with Crippen LogP contribution in [0.1, 0.15) is 25.5 Å². The molecule has 8 heteroatoms. The van der Waals surface area contributed by atoms with Crippen LogP contribution in [0.3, 0.4) is 0 Å². The second-order valence-electron chi connectivity index (χ2n) is 6.73. The summed E-state index contributed by atoms with van der Waals surface area (Å²) >= 11 is 0. The number of anilines is 1. The molecule has 1 unspecified atom stereocenters. The molecular weight excluding hydrogens is 334 g/mol. The monoisotopic (exact) mass is 357 g/mol. The van der Waals surface area contributed by atoms with E-state index in [9.17, 15) is 14.7 Å². The summed E-state index contributed by atoms with van der Waals surface area (Å²) in [4.78, 5) is 28.1. The van der Waals surface area contributed by atoms with E-state index in [1.165, 1.54) is 0 Å². The average molecular weight is 357 g/mol. The standard InChI is InChI=1S/C18H23N5O3/c1-12(2)23(14-7-5-4-6-8-14)17(24)11-21-10-16-20-19-13(3)22(16)9-15(21)18(25)26/h4-8,12,15H,9-11H2,1-3H3,(H,25,26). The molecule has 0 bridgehead atoms. The van der Waals surface area contributed by atoms with Crippen molar-refractivity contribution in [1.29, 1.82) is 0 Å². The summed E-state index contributed by atoms with van der Waals surface area (Å²) in [5.74, 6) is 0.281. The molecule has 8 nitrogen and oxygen atoms in total. The van der Waals surface area contributed by atoms with Crippen molar-refractivity contribution >= 4 is 17.6 Å². The van der Waals surface area contributed by atoms with E-state index in [0.29, 0.717) is 11.6 Å². The molecule has 1 aliphatic rings. The zero-order valence-corrected chi connectivity index (χ0v) is 15.2. The molecule has 0 saturated carbocycles. The number of aliphatic carboxylic acids is 1. The average Bonchev–Trinajstić information content (AvgIpc) is 2.95. The number of benzene rings is 1. The highest BCUT2D eigenvalue weighted by Gasteiger charge is 2.35. The SMILES string of the molecule is Cc1nnc2n1CC(C(=O)O)N(CC(=O)N(c1ccccc1)C(C)C)C2. The van der Waals surface area contributed by atoms with Crippen molar-refractivity contribution in [2.45, 2.75) is 45.9 Å². The van der Waals surface area contributed by atoms with Crippen molar-refractivity contribution in [3.8, 4) is 0 Å². The van der Waals surface area contributed by atoms with Crippen LogP contribution in [0, 0.1) is 6.92 Å². The third-order valence-corrected chi connectivity index (χ3v) is 4.60. The molecule has 1 aliphatic heterocycles. The Morgan fingerprint density at radius 2 is 1.96 bits per heavy atom. The smallest absolute Gasteiger partial charge is 0.322 e. The number of aromatic nitrogens is 3. The van der Waals surface area contributed by atoms with E-state index in [4.69, 9.17) is 0 Å². The molecule has 3 rings (SSSR count). The molecule has 0 aliphatic carbocycles. The van der Waals surface area contributed by atoms with Gasteiger partial charge in [0.05, 0.1) is 19.6 Å². The summed E-state index contributed by atoms with van der Waals surface area (Å²) in [6, 6.07) is 8.59. The maximum absolute atomic E-state index is 13.0. The maximum Gasteiger partial charge on any atom is 0.322 e. The molecule has 2 heterocycles. The minimum Gasteiger partial charge on any atom is -0.480 e. The number of carbonyl (C=O) groups excluding carboxylic acids is 1. The minimum atomic E-state index is -0.952. The van der Waals surface area contributed by atoms with Crippen LogP contribution in [0.25, 0.3) is 0 Å². The molecule has 1 amide bonds. The molecule has 26 heavy (non-hydrogen) atoms. The lowest BCUT2D eigenvalue weighted by Gasteiger charge is -2.35. The van der Waals surface area contributed by atoms with Gasteiger partial charge in [0.15, 0.2) is 0 Å². The highest BCUT2D eigenvalue weighted by molar-refractivity contribution is 5.95. The Labute approximate surface area is 152 Å². The van der Waals surface area contributed by atoms with Gasteiger partial charge in [0.2, 0.25) is 5.91 Å². The van der Waals surface area contributed by atoms with E-state index in [2.05, 4.69) is 10.2 Å². The molecule has 138 valence electrons. The third-order valence-electron chi connectivity index (χ3n) is 4.60. The van der Waals surface area contributed by atoms with Crippen molar-refractivity contribution in [2.75, 3.05) is 11.4 Å². The van der Waals surface area contributed by atoms with Gasteiger partial charge in [-0.25, -0.2) is 0 Å². The van der Waals surface area contributed by atoms with Crippen LogP contribution in [0.15, 0.2) is 30.3 Å². The van der Waals surface area contributed by atoms with Crippen molar-refractivity contribution in [2.24, 2.45) is 0 Å². The summed E-state index contributed by atoms with van der Waals surface area (Å²) < 4.78 is 1.80. The number of carboxylic acids is 1. The van der Waals surface area contributed by atoms with Gasteiger partial charge in [-0.15, -0.1) is 10.2 Å². The highest BCUT2D eigenvalue weighted by atomic mass is 16.4. The van der Waals surface area contributed by atoms with E-state index < -0.39 is 12.0 Å². The number of nitrogens with zero attached hydrogens (tertiary/aromatic N) is 5. The number of carbonyl (C=O) groups is 2. The second-order valence-corrected chi connectivity index (χ2v) is 6.73. The number of aryl methyl sites for hydroxylation is 1. The lowest BCUT2D eigenvalue weighted by Crippen LogP contribution is -2.53. The zero-order chi connectivity index (χ0) is 18.8. The van der Waals surface area contributed by atoms with Gasteiger partial charge >= 0.3 is 5.97 Å². The largest absolute Gasteiger partial charge is 0.480 e. The van der Waals surface area contributed by atoms with Crippen LogP contribution < -0.4 is 4.90 Å². The minimum absolute atomic E-state index is 0.00987. The van der Waals surface area contributed by atoms with Crippen molar-refractivity contribution < 1.29 is 14.7 Å². The lowest BCUT2D eigenvalue weighted by molar-refractivity contribution is -0.145. The van der Waals surface area contributed by atoms with Crippen LogP contribution >= 0.6 is 0 Å². The van der Waals surface area contributed by atoms with Crippen LogP contribution in [0.2, 0.25) is 0 Å².